The maximum atomic E-state index is 6.25. The normalized spacial score (nSPS) is 37.2. The van der Waals surface area contributed by atoms with Crippen LogP contribution >= 0.6 is 15.9 Å². The minimum absolute atomic E-state index is 0.122. The number of halogens is 1. The van der Waals surface area contributed by atoms with Crippen molar-refractivity contribution < 1.29 is 4.74 Å². The van der Waals surface area contributed by atoms with Crippen LogP contribution in [0.1, 0.15) is 85.0 Å². The van der Waals surface area contributed by atoms with Crippen LogP contribution in [0.25, 0.3) is 0 Å². The second-order valence-corrected chi connectivity index (χ2v) is 8.52. The van der Waals surface area contributed by atoms with Gasteiger partial charge in [-0.2, -0.15) is 0 Å². The van der Waals surface area contributed by atoms with Crippen molar-refractivity contribution in [2.75, 3.05) is 5.33 Å². The Hall–Kier alpha value is 0.440. The lowest BCUT2D eigenvalue weighted by molar-refractivity contribution is -0.0392. The van der Waals surface area contributed by atoms with E-state index in [2.05, 4.69) is 36.7 Å². The zero-order valence-electron chi connectivity index (χ0n) is 13.7. The summed E-state index contributed by atoms with van der Waals surface area (Å²) in [5, 5.41) is 1.17. The van der Waals surface area contributed by atoms with E-state index in [4.69, 9.17) is 4.74 Å². The Kier molecular flexibility index (Phi) is 5.99. The van der Waals surface area contributed by atoms with Gasteiger partial charge < -0.3 is 4.74 Å². The van der Waals surface area contributed by atoms with Crippen LogP contribution in [-0.4, -0.2) is 17.0 Å². The summed E-state index contributed by atoms with van der Waals surface area (Å²) < 4.78 is 6.25. The molecule has 1 unspecified atom stereocenters. The molecule has 1 atom stereocenters. The molecule has 0 bridgehead atoms. The van der Waals surface area contributed by atoms with Gasteiger partial charge in [0.2, 0.25) is 0 Å². The van der Waals surface area contributed by atoms with Crippen LogP contribution in [0.4, 0.5) is 0 Å². The Labute approximate surface area is 134 Å². The van der Waals surface area contributed by atoms with Crippen molar-refractivity contribution in [3.05, 3.63) is 0 Å². The summed E-state index contributed by atoms with van der Waals surface area (Å²) in [6.07, 6.45) is 14.2. The third-order valence-corrected chi connectivity index (χ3v) is 6.82. The first-order valence-electron chi connectivity index (χ1n) is 8.72. The summed E-state index contributed by atoms with van der Waals surface area (Å²) in [5.74, 6) is 1.00. The molecule has 2 rings (SSSR count). The number of ether oxygens (including phenoxy) is 1. The minimum Gasteiger partial charge on any atom is -0.372 e. The second kappa shape index (κ2) is 7.13. The van der Waals surface area contributed by atoms with Crippen molar-refractivity contribution in [3.8, 4) is 0 Å². The molecule has 2 heteroatoms. The highest BCUT2D eigenvalue weighted by Crippen LogP contribution is 2.47. The Morgan fingerprint density at radius 3 is 2.30 bits per heavy atom. The van der Waals surface area contributed by atoms with Crippen molar-refractivity contribution in [1.82, 2.24) is 0 Å². The first kappa shape index (κ1) is 16.8. The van der Waals surface area contributed by atoms with Crippen LogP contribution in [0.3, 0.4) is 0 Å². The Balaban J connectivity index is 1.83. The molecular formula is C18H33BrO. The van der Waals surface area contributed by atoms with E-state index < -0.39 is 0 Å². The topological polar surface area (TPSA) is 9.23 Å². The second-order valence-electron chi connectivity index (χ2n) is 7.96. The predicted molar refractivity (Wildman–Crippen MR) is 90.5 cm³/mol. The molecule has 1 heterocycles. The summed E-state index contributed by atoms with van der Waals surface area (Å²) in [7, 11) is 0. The molecular weight excluding hydrogens is 312 g/mol. The minimum atomic E-state index is 0.122. The van der Waals surface area contributed by atoms with Crippen molar-refractivity contribution in [3.63, 3.8) is 0 Å². The van der Waals surface area contributed by atoms with E-state index in [1.165, 1.54) is 69.5 Å². The Bertz CT molecular complexity index is 292. The van der Waals surface area contributed by atoms with Gasteiger partial charge in [0.1, 0.15) is 0 Å². The standard InChI is InChI=1S/C18H33BrO/c1-4-5-6-15-7-11-18(14-19,12-8-15)13-16-9-10-17(2,3)20-16/h15-16H,4-14H2,1-3H3. The number of hydrogen-bond acceptors (Lipinski definition) is 1. The first-order valence-corrected chi connectivity index (χ1v) is 9.84. The van der Waals surface area contributed by atoms with E-state index in [1.807, 2.05) is 0 Å². The van der Waals surface area contributed by atoms with Crippen molar-refractivity contribution in [1.29, 1.82) is 0 Å². The molecule has 20 heavy (non-hydrogen) atoms. The van der Waals surface area contributed by atoms with Crippen LogP contribution in [-0.2, 0) is 4.74 Å². The van der Waals surface area contributed by atoms with E-state index in [0.717, 1.165) is 5.92 Å². The van der Waals surface area contributed by atoms with E-state index in [9.17, 15) is 0 Å². The summed E-state index contributed by atoms with van der Waals surface area (Å²) in [4.78, 5) is 0. The lowest BCUT2D eigenvalue weighted by atomic mass is 9.68. The number of hydrogen-bond donors (Lipinski definition) is 0. The number of unbranched alkanes of at least 4 members (excludes halogenated alkanes) is 1. The third-order valence-electron chi connectivity index (χ3n) is 5.63. The molecule has 1 nitrogen and oxygen atoms in total. The molecule has 0 radical (unpaired) electrons. The SMILES string of the molecule is CCCCC1CCC(CBr)(CC2CCC(C)(C)O2)CC1. The largest absolute Gasteiger partial charge is 0.372 e. The maximum Gasteiger partial charge on any atom is 0.0631 e. The highest BCUT2D eigenvalue weighted by atomic mass is 79.9. The molecule has 0 aromatic rings. The molecule has 118 valence electrons. The van der Waals surface area contributed by atoms with Crippen LogP contribution in [0.5, 0.6) is 0 Å². The summed E-state index contributed by atoms with van der Waals surface area (Å²) in [5.41, 5.74) is 0.643. The quantitative estimate of drug-likeness (QED) is 0.529. The van der Waals surface area contributed by atoms with Gasteiger partial charge in [-0.25, -0.2) is 0 Å². The van der Waals surface area contributed by atoms with Crippen LogP contribution < -0.4 is 0 Å². The lowest BCUT2D eigenvalue weighted by Crippen LogP contribution is -2.34. The van der Waals surface area contributed by atoms with Crippen LogP contribution in [0.2, 0.25) is 0 Å². The fourth-order valence-electron chi connectivity index (χ4n) is 4.17. The summed E-state index contributed by atoms with van der Waals surface area (Å²) in [6.45, 7) is 6.80. The van der Waals surface area contributed by atoms with Gasteiger partial charge in [-0.1, -0.05) is 42.1 Å². The lowest BCUT2D eigenvalue weighted by Gasteiger charge is -2.41. The van der Waals surface area contributed by atoms with Gasteiger partial charge in [-0.3, -0.25) is 0 Å². The van der Waals surface area contributed by atoms with Gasteiger partial charge in [0.25, 0.3) is 0 Å². The van der Waals surface area contributed by atoms with Gasteiger partial charge in [0.15, 0.2) is 0 Å². The van der Waals surface area contributed by atoms with Crippen molar-refractivity contribution in [2.45, 2.75) is 96.7 Å². The molecule has 0 N–H and O–H groups in total. The highest BCUT2D eigenvalue weighted by Gasteiger charge is 2.40. The molecule has 0 aromatic carbocycles. The molecule has 1 aliphatic carbocycles. The van der Waals surface area contributed by atoms with Gasteiger partial charge >= 0.3 is 0 Å². The Morgan fingerprint density at radius 2 is 1.80 bits per heavy atom. The number of alkyl halides is 1. The summed E-state index contributed by atoms with van der Waals surface area (Å²) in [6, 6.07) is 0. The van der Waals surface area contributed by atoms with Gasteiger partial charge in [-0.15, -0.1) is 0 Å². The fraction of sp³-hybridized carbons (Fsp3) is 1.00. The van der Waals surface area contributed by atoms with Crippen LogP contribution in [0, 0.1) is 11.3 Å². The smallest absolute Gasteiger partial charge is 0.0631 e. The molecule has 1 aliphatic heterocycles. The van der Waals surface area contributed by atoms with E-state index in [1.54, 1.807) is 0 Å². The average molecular weight is 345 g/mol. The van der Waals surface area contributed by atoms with E-state index >= 15 is 0 Å². The molecule has 0 amide bonds. The molecule has 1 saturated carbocycles. The van der Waals surface area contributed by atoms with E-state index in [0.29, 0.717) is 11.5 Å². The van der Waals surface area contributed by atoms with Crippen molar-refractivity contribution >= 4 is 15.9 Å². The fourth-order valence-corrected chi connectivity index (χ4v) is 4.96. The van der Waals surface area contributed by atoms with Crippen molar-refractivity contribution in [2.24, 2.45) is 11.3 Å². The van der Waals surface area contributed by atoms with E-state index in [-0.39, 0.29) is 5.60 Å². The summed E-state index contributed by atoms with van der Waals surface area (Å²) >= 11 is 3.82. The third kappa shape index (κ3) is 4.47. The van der Waals surface area contributed by atoms with Gasteiger partial charge in [-0.05, 0) is 70.1 Å². The predicted octanol–water partition coefficient (Wildman–Crippen LogP) is 6.10. The maximum absolute atomic E-state index is 6.25. The number of rotatable bonds is 6. The molecule has 2 fully saturated rings. The Morgan fingerprint density at radius 1 is 1.10 bits per heavy atom. The molecule has 0 aromatic heterocycles. The average Bonchev–Trinajstić information content (AvgIpc) is 2.77. The molecule has 1 saturated heterocycles. The monoisotopic (exact) mass is 344 g/mol. The zero-order chi connectivity index (χ0) is 14.6. The highest BCUT2D eigenvalue weighted by molar-refractivity contribution is 9.09. The van der Waals surface area contributed by atoms with Gasteiger partial charge in [0, 0.05) is 5.33 Å². The van der Waals surface area contributed by atoms with Gasteiger partial charge in [0.05, 0.1) is 11.7 Å². The zero-order valence-corrected chi connectivity index (χ0v) is 15.3. The molecule has 0 spiro atoms. The molecule has 2 aliphatic rings. The first-order chi connectivity index (χ1) is 9.49. The van der Waals surface area contributed by atoms with Crippen LogP contribution in [0.15, 0.2) is 0 Å².